The predicted octanol–water partition coefficient (Wildman–Crippen LogP) is 4.62. The van der Waals surface area contributed by atoms with Gasteiger partial charge in [-0.15, -0.1) is 0 Å². The quantitative estimate of drug-likeness (QED) is 0.763. The first-order valence-corrected chi connectivity index (χ1v) is 7.66. The van der Waals surface area contributed by atoms with Gasteiger partial charge in [-0.1, -0.05) is 54.6 Å². The molecule has 0 spiro atoms. The molecule has 3 aromatic carbocycles. The first-order valence-electron chi connectivity index (χ1n) is 7.66. The summed E-state index contributed by atoms with van der Waals surface area (Å²) in [6.45, 7) is 0.293. The minimum atomic E-state index is 0.0492. The number of anilines is 1. The molecule has 0 unspecified atom stereocenters. The van der Waals surface area contributed by atoms with Crippen LogP contribution in [0.4, 0.5) is 5.69 Å². The smallest absolute Gasteiger partial charge is 0.231 e. The molecule has 1 atom stereocenters. The molecule has 1 heterocycles. The molecule has 1 N–H and O–H groups in total. The summed E-state index contributed by atoms with van der Waals surface area (Å²) >= 11 is 0. The van der Waals surface area contributed by atoms with Gasteiger partial charge in [-0.2, -0.15) is 0 Å². The maximum Gasteiger partial charge on any atom is 0.231 e. The van der Waals surface area contributed by atoms with E-state index in [9.17, 15) is 0 Å². The van der Waals surface area contributed by atoms with Gasteiger partial charge >= 0.3 is 0 Å². The fraction of sp³-hybridized carbons (Fsp3) is 0.100. The summed E-state index contributed by atoms with van der Waals surface area (Å²) in [6.07, 6.45) is 0. The predicted molar refractivity (Wildman–Crippen MR) is 90.9 cm³/mol. The topological polar surface area (TPSA) is 30.5 Å². The lowest BCUT2D eigenvalue weighted by molar-refractivity contribution is 0.174. The third kappa shape index (κ3) is 2.86. The molecule has 0 radical (unpaired) electrons. The highest BCUT2D eigenvalue weighted by Crippen LogP contribution is 2.36. The largest absolute Gasteiger partial charge is 0.454 e. The molecule has 114 valence electrons. The summed E-state index contributed by atoms with van der Waals surface area (Å²) in [7, 11) is 0. The van der Waals surface area contributed by atoms with Crippen LogP contribution in [0.2, 0.25) is 0 Å². The fourth-order valence-corrected chi connectivity index (χ4v) is 2.80. The normalized spacial score (nSPS) is 13.6. The van der Waals surface area contributed by atoms with E-state index in [0.29, 0.717) is 6.79 Å². The highest BCUT2D eigenvalue weighted by molar-refractivity contribution is 5.52. The second-order valence-electron chi connectivity index (χ2n) is 5.47. The molecular weight excluding hydrogens is 286 g/mol. The Morgan fingerprint density at radius 2 is 1.39 bits per heavy atom. The van der Waals surface area contributed by atoms with Gasteiger partial charge in [-0.25, -0.2) is 0 Å². The van der Waals surface area contributed by atoms with Crippen LogP contribution in [0.1, 0.15) is 17.2 Å². The lowest BCUT2D eigenvalue weighted by Gasteiger charge is -2.21. The van der Waals surface area contributed by atoms with Crippen molar-refractivity contribution < 1.29 is 9.47 Å². The lowest BCUT2D eigenvalue weighted by Crippen LogP contribution is -2.12. The SMILES string of the molecule is c1ccc(N[C@H](c2ccccc2)c2ccc3c(c2)OCO3)cc1. The molecule has 0 amide bonds. The van der Waals surface area contributed by atoms with E-state index in [1.54, 1.807) is 0 Å². The van der Waals surface area contributed by atoms with Crippen LogP contribution in [0.25, 0.3) is 0 Å². The zero-order valence-corrected chi connectivity index (χ0v) is 12.6. The lowest BCUT2D eigenvalue weighted by atomic mass is 9.98. The van der Waals surface area contributed by atoms with Crippen LogP contribution < -0.4 is 14.8 Å². The average molecular weight is 303 g/mol. The van der Waals surface area contributed by atoms with E-state index in [2.05, 4.69) is 53.8 Å². The van der Waals surface area contributed by atoms with E-state index in [-0.39, 0.29) is 6.04 Å². The molecule has 3 heteroatoms. The zero-order chi connectivity index (χ0) is 15.5. The Morgan fingerprint density at radius 1 is 0.696 bits per heavy atom. The van der Waals surface area contributed by atoms with E-state index < -0.39 is 0 Å². The monoisotopic (exact) mass is 303 g/mol. The van der Waals surface area contributed by atoms with Crippen molar-refractivity contribution in [3.63, 3.8) is 0 Å². The van der Waals surface area contributed by atoms with E-state index in [1.807, 2.05) is 30.3 Å². The van der Waals surface area contributed by atoms with Gasteiger partial charge < -0.3 is 14.8 Å². The minimum Gasteiger partial charge on any atom is -0.454 e. The van der Waals surface area contributed by atoms with E-state index >= 15 is 0 Å². The number of para-hydroxylation sites is 1. The van der Waals surface area contributed by atoms with Gasteiger partial charge in [0.25, 0.3) is 0 Å². The molecule has 3 nitrogen and oxygen atoms in total. The Balaban J connectivity index is 1.73. The first kappa shape index (κ1) is 13.7. The van der Waals surface area contributed by atoms with Gasteiger partial charge in [0.15, 0.2) is 11.5 Å². The number of hydrogen-bond donors (Lipinski definition) is 1. The Bertz CT molecular complexity index is 787. The Hall–Kier alpha value is -2.94. The maximum atomic E-state index is 5.53. The summed E-state index contributed by atoms with van der Waals surface area (Å²) in [5, 5.41) is 3.61. The molecule has 0 saturated carbocycles. The van der Waals surface area contributed by atoms with Gasteiger partial charge in [0.1, 0.15) is 0 Å². The third-order valence-corrected chi connectivity index (χ3v) is 3.95. The van der Waals surface area contributed by atoms with E-state index in [1.165, 1.54) is 5.56 Å². The van der Waals surface area contributed by atoms with Gasteiger partial charge in [0, 0.05) is 5.69 Å². The average Bonchev–Trinajstić information content (AvgIpc) is 3.09. The number of ether oxygens (including phenoxy) is 2. The molecule has 0 bridgehead atoms. The van der Waals surface area contributed by atoms with Crippen LogP contribution in [0.3, 0.4) is 0 Å². The molecule has 0 fully saturated rings. The van der Waals surface area contributed by atoms with Crippen molar-refractivity contribution in [3.8, 4) is 11.5 Å². The molecule has 23 heavy (non-hydrogen) atoms. The molecule has 1 aliphatic rings. The van der Waals surface area contributed by atoms with Crippen molar-refractivity contribution in [2.75, 3.05) is 12.1 Å². The van der Waals surface area contributed by atoms with Gasteiger partial charge in [-0.05, 0) is 35.4 Å². The molecule has 0 aromatic heterocycles. The van der Waals surface area contributed by atoms with Crippen LogP contribution in [0, 0.1) is 0 Å². The second-order valence-corrected chi connectivity index (χ2v) is 5.47. The molecule has 3 aromatic rings. The molecule has 1 aliphatic heterocycles. The summed E-state index contributed by atoms with van der Waals surface area (Å²) in [6, 6.07) is 26.8. The van der Waals surface area contributed by atoms with Crippen molar-refractivity contribution in [2.24, 2.45) is 0 Å². The Morgan fingerprint density at radius 3 is 2.17 bits per heavy atom. The highest BCUT2D eigenvalue weighted by Gasteiger charge is 2.19. The number of rotatable bonds is 4. The van der Waals surface area contributed by atoms with E-state index in [4.69, 9.17) is 9.47 Å². The number of benzene rings is 3. The van der Waals surface area contributed by atoms with Crippen LogP contribution in [-0.4, -0.2) is 6.79 Å². The summed E-state index contributed by atoms with van der Waals surface area (Å²) in [5.41, 5.74) is 3.43. The maximum absolute atomic E-state index is 5.53. The molecule has 0 aliphatic carbocycles. The van der Waals surface area contributed by atoms with Crippen LogP contribution >= 0.6 is 0 Å². The summed E-state index contributed by atoms with van der Waals surface area (Å²) in [4.78, 5) is 0. The Labute approximate surface area is 135 Å². The van der Waals surface area contributed by atoms with Crippen molar-refractivity contribution in [1.82, 2.24) is 0 Å². The number of hydrogen-bond acceptors (Lipinski definition) is 3. The van der Waals surface area contributed by atoms with E-state index in [0.717, 1.165) is 22.7 Å². The van der Waals surface area contributed by atoms with Crippen molar-refractivity contribution in [2.45, 2.75) is 6.04 Å². The summed E-state index contributed by atoms with van der Waals surface area (Å²) in [5.74, 6) is 1.61. The standard InChI is InChI=1S/C20H17NO2/c1-3-7-15(8-4-1)20(21-17-9-5-2-6-10-17)16-11-12-18-19(13-16)23-14-22-18/h1-13,20-21H,14H2/t20-/m1/s1. The third-order valence-electron chi connectivity index (χ3n) is 3.95. The van der Waals surface area contributed by atoms with Gasteiger partial charge in [-0.3, -0.25) is 0 Å². The van der Waals surface area contributed by atoms with Crippen LogP contribution in [0.5, 0.6) is 11.5 Å². The van der Waals surface area contributed by atoms with Crippen molar-refractivity contribution >= 4 is 5.69 Å². The van der Waals surface area contributed by atoms with Gasteiger partial charge in [0.05, 0.1) is 6.04 Å². The van der Waals surface area contributed by atoms with Gasteiger partial charge in [0.2, 0.25) is 6.79 Å². The number of fused-ring (bicyclic) bond motifs is 1. The van der Waals surface area contributed by atoms with Crippen LogP contribution in [-0.2, 0) is 0 Å². The van der Waals surface area contributed by atoms with Crippen molar-refractivity contribution in [3.05, 3.63) is 90.0 Å². The second kappa shape index (κ2) is 6.05. The zero-order valence-electron chi connectivity index (χ0n) is 12.6. The summed E-state index contributed by atoms with van der Waals surface area (Å²) < 4.78 is 10.9. The Kier molecular flexibility index (Phi) is 3.60. The molecule has 4 rings (SSSR count). The highest BCUT2D eigenvalue weighted by atomic mass is 16.7. The number of nitrogens with one attached hydrogen (secondary N) is 1. The van der Waals surface area contributed by atoms with Crippen LogP contribution in [0.15, 0.2) is 78.9 Å². The van der Waals surface area contributed by atoms with Crippen molar-refractivity contribution in [1.29, 1.82) is 0 Å². The molecular formula is C20H17NO2. The first-order chi connectivity index (χ1) is 11.4. The fourth-order valence-electron chi connectivity index (χ4n) is 2.80. The molecule has 0 saturated heterocycles. The minimum absolute atomic E-state index is 0.0492.